The molecule has 1 N–H and O–H groups in total. The van der Waals surface area contributed by atoms with Crippen LogP contribution >= 0.6 is 22.6 Å². The van der Waals surface area contributed by atoms with Gasteiger partial charge in [0.05, 0.1) is 6.61 Å². The summed E-state index contributed by atoms with van der Waals surface area (Å²) < 4.78 is 13.3. The first-order valence-electron chi connectivity index (χ1n) is 2.63. The van der Waals surface area contributed by atoms with Gasteiger partial charge in [-0.3, -0.25) is 0 Å². The second-order valence-electron chi connectivity index (χ2n) is 2.31. The third kappa shape index (κ3) is 6.24. The normalized spacial score (nSPS) is 14.1. The van der Waals surface area contributed by atoms with E-state index >= 15 is 0 Å². The zero-order valence-electron chi connectivity index (χ0n) is 5.49. The van der Waals surface area contributed by atoms with Crippen LogP contribution in [0.25, 0.3) is 0 Å². The molecule has 0 aliphatic heterocycles. The van der Waals surface area contributed by atoms with Crippen molar-refractivity contribution in [3.8, 4) is 0 Å². The molecule has 54 valence electrons. The van der Waals surface area contributed by atoms with Crippen LogP contribution < -0.4 is 0 Å². The van der Waals surface area contributed by atoms with E-state index < -0.39 is 5.67 Å². The van der Waals surface area contributed by atoms with E-state index in [1.807, 2.05) is 22.6 Å². The fraction of sp³-hybridized carbons (Fsp3) is 0.667. The van der Waals surface area contributed by atoms with Crippen molar-refractivity contribution in [2.24, 2.45) is 0 Å². The lowest BCUT2D eigenvalue weighted by atomic mass is 10.1. The molecule has 0 aliphatic rings. The zero-order chi connectivity index (χ0) is 7.49. The van der Waals surface area contributed by atoms with Gasteiger partial charge < -0.3 is 5.11 Å². The quantitative estimate of drug-likeness (QED) is 0.737. The van der Waals surface area contributed by atoms with Gasteiger partial charge in [-0.15, -0.1) is 0 Å². The molecular weight excluding hydrogens is 234 g/mol. The van der Waals surface area contributed by atoms with E-state index in [0.29, 0.717) is 3.58 Å². The molecule has 0 atom stereocenters. The van der Waals surface area contributed by atoms with E-state index in [9.17, 15) is 4.39 Å². The largest absolute Gasteiger partial charge is 0.391 e. The highest BCUT2D eigenvalue weighted by Crippen LogP contribution is 2.16. The average molecular weight is 244 g/mol. The van der Waals surface area contributed by atoms with Crippen LogP contribution in [0.5, 0.6) is 0 Å². The molecule has 0 bridgehead atoms. The Bertz CT molecular complexity index is 115. The Morgan fingerprint density at radius 2 is 2.22 bits per heavy atom. The summed E-state index contributed by atoms with van der Waals surface area (Å²) in [6, 6.07) is 0. The molecule has 0 saturated heterocycles. The Hall–Kier alpha value is 0.360. The van der Waals surface area contributed by atoms with Gasteiger partial charge in [-0.2, -0.15) is 0 Å². The van der Waals surface area contributed by atoms with Crippen LogP contribution in [-0.2, 0) is 0 Å². The molecule has 0 fully saturated rings. The van der Waals surface area contributed by atoms with Crippen LogP contribution in [0.2, 0.25) is 0 Å². The molecule has 3 heteroatoms. The summed E-state index contributed by atoms with van der Waals surface area (Å²) in [6.45, 7) is 2.82. The Kier molecular flexibility index (Phi) is 3.65. The Balaban J connectivity index is 3.95. The number of alkyl halides is 1. The van der Waals surface area contributed by atoms with Gasteiger partial charge >= 0.3 is 0 Å². The van der Waals surface area contributed by atoms with Crippen molar-refractivity contribution in [3.63, 3.8) is 0 Å². The maximum absolute atomic E-state index is 12.6. The lowest BCUT2D eigenvalue weighted by Crippen LogP contribution is -2.07. The minimum Gasteiger partial charge on any atom is -0.391 e. The van der Waals surface area contributed by atoms with Crippen LogP contribution in [0.4, 0.5) is 4.39 Å². The first-order chi connectivity index (χ1) is 3.95. The Morgan fingerprint density at radius 1 is 1.78 bits per heavy atom. The van der Waals surface area contributed by atoms with Crippen molar-refractivity contribution >= 4 is 22.6 Å². The first kappa shape index (κ1) is 9.36. The van der Waals surface area contributed by atoms with E-state index in [4.69, 9.17) is 5.11 Å². The van der Waals surface area contributed by atoms with Gasteiger partial charge in [-0.05, 0) is 42.5 Å². The topological polar surface area (TPSA) is 20.2 Å². The van der Waals surface area contributed by atoms with E-state index in [2.05, 4.69) is 0 Å². The third-order valence-electron chi connectivity index (χ3n) is 0.651. The number of aliphatic hydroxyl groups is 1. The van der Waals surface area contributed by atoms with Crippen LogP contribution in [-0.4, -0.2) is 17.4 Å². The van der Waals surface area contributed by atoms with Gasteiger partial charge in [-0.1, -0.05) is 0 Å². The summed E-state index contributed by atoms with van der Waals surface area (Å²) in [7, 11) is 0. The molecule has 1 nitrogen and oxygen atoms in total. The summed E-state index contributed by atoms with van der Waals surface area (Å²) in [5, 5.41) is 8.46. The third-order valence-corrected chi connectivity index (χ3v) is 1.30. The molecule has 0 rings (SSSR count). The molecule has 0 radical (unpaired) electrons. The molecule has 0 heterocycles. The summed E-state index contributed by atoms with van der Waals surface area (Å²) in [6.07, 6.45) is 1.40. The van der Waals surface area contributed by atoms with Crippen molar-refractivity contribution in [3.05, 3.63) is 9.66 Å². The standard InChI is InChI=1S/C6H10FIO/c1-6(2,7)3-5(8)4-9/h3,9H,4H2,1-2H3. The second kappa shape index (κ2) is 3.51. The van der Waals surface area contributed by atoms with Crippen molar-refractivity contribution in [2.75, 3.05) is 6.61 Å². The van der Waals surface area contributed by atoms with Gasteiger partial charge in [-0.25, -0.2) is 4.39 Å². The van der Waals surface area contributed by atoms with E-state index in [0.717, 1.165) is 0 Å². The average Bonchev–Trinajstić information content (AvgIpc) is 1.62. The Morgan fingerprint density at radius 3 is 2.33 bits per heavy atom. The SMILES string of the molecule is CC(C)(F)C=C(I)CO. The minimum absolute atomic E-state index is 0.0755. The highest BCUT2D eigenvalue weighted by Gasteiger charge is 2.10. The number of halogens is 2. The lowest BCUT2D eigenvalue weighted by molar-refractivity contribution is 0.281. The first-order valence-corrected chi connectivity index (χ1v) is 3.70. The van der Waals surface area contributed by atoms with E-state index in [1.165, 1.54) is 19.9 Å². The van der Waals surface area contributed by atoms with Gasteiger partial charge in [0.2, 0.25) is 0 Å². The smallest absolute Gasteiger partial charge is 0.124 e. The molecule has 0 saturated carbocycles. The molecule has 0 unspecified atom stereocenters. The molecule has 0 aromatic heterocycles. The van der Waals surface area contributed by atoms with Gasteiger partial charge in [0.25, 0.3) is 0 Å². The van der Waals surface area contributed by atoms with Crippen LogP contribution in [0.3, 0.4) is 0 Å². The number of allylic oxidation sites excluding steroid dienone is 1. The second-order valence-corrected chi connectivity index (χ2v) is 3.70. The van der Waals surface area contributed by atoms with E-state index in [-0.39, 0.29) is 6.61 Å². The molecule has 0 aromatic carbocycles. The fourth-order valence-electron chi connectivity index (χ4n) is 0.418. The summed E-state index contributed by atoms with van der Waals surface area (Å²) in [5.41, 5.74) is -1.31. The molecule has 0 spiro atoms. The highest BCUT2D eigenvalue weighted by atomic mass is 127. The van der Waals surface area contributed by atoms with Crippen molar-refractivity contribution in [2.45, 2.75) is 19.5 Å². The summed E-state index contributed by atoms with van der Waals surface area (Å²) in [5.74, 6) is 0. The monoisotopic (exact) mass is 244 g/mol. The molecule has 0 aromatic rings. The number of hydrogen-bond donors (Lipinski definition) is 1. The minimum atomic E-state index is -1.31. The van der Waals surface area contributed by atoms with Crippen LogP contribution in [0.1, 0.15) is 13.8 Å². The summed E-state index contributed by atoms with van der Waals surface area (Å²) >= 11 is 1.90. The van der Waals surface area contributed by atoms with Gasteiger partial charge in [0.15, 0.2) is 0 Å². The molecule has 0 amide bonds. The van der Waals surface area contributed by atoms with Crippen LogP contribution in [0.15, 0.2) is 9.66 Å². The van der Waals surface area contributed by atoms with Gasteiger partial charge in [0.1, 0.15) is 5.67 Å². The molecular formula is C6H10FIO. The highest BCUT2D eigenvalue weighted by molar-refractivity contribution is 14.1. The number of aliphatic hydroxyl groups excluding tert-OH is 1. The zero-order valence-corrected chi connectivity index (χ0v) is 7.65. The molecule has 0 aliphatic carbocycles. The fourth-order valence-corrected chi connectivity index (χ4v) is 1.16. The number of hydrogen-bond acceptors (Lipinski definition) is 1. The predicted octanol–water partition coefficient (Wildman–Crippen LogP) is 2.05. The van der Waals surface area contributed by atoms with Crippen molar-refractivity contribution < 1.29 is 9.50 Å². The Labute approximate surface area is 68.1 Å². The van der Waals surface area contributed by atoms with Crippen LogP contribution in [0, 0.1) is 0 Å². The maximum Gasteiger partial charge on any atom is 0.124 e. The maximum atomic E-state index is 12.6. The summed E-state index contributed by atoms with van der Waals surface area (Å²) in [4.78, 5) is 0. The number of rotatable bonds is 2. The predicted molar refractivity (Wildman–Crippen MR) is 44.4 cm³/mol. The van der Waals surface area contributed by atoms with E-state index in [1.54, 1.807) is 0 Å². The van der Waals surface area contributed by atoms with Crippen molar-refractivity contribution in [1.29, 1.82) is 0 Å². The van der Waals surface area contributed by atoms with Crippen molar-refractivity contribution in [1.82, 2.24) is 0 Å². The van der Waals surface area contributed by atoms with Gasteiger partial charge in [0, 0.05) is 3.58 Å². The lowest BCUT2D eigenvalue weighted by Gasteiger charge is -2.07. The molecule has 9 heavy (non-hydrogen) atoms.